The molecule has 1 heterocycles. The quantitative estimate of drug-likeness (QED) is 0.575. The number of nitrogens with zero attached hydrogens (tertiary/aromatic N) is 1. The first kappa shape index (κ1) is 8.71. The molecule has 0 bridgehead atoms. The number of rotatable bonds is 0. The van der Waals surface area contributed by atoms with Gasteiger partial charge in [-0.15, -0.1) is 6.42 Å². The van der Waals surface area contributed by atoms with Gasteiger partial charge in [-0.1, -0.05) is 18.2 Å². The van der Waals surface area contributed by atoms with Crippen LogP contribution in [0.15, 0.2) is 24.4 Å². The molecule has 1 aromatic heterocycles. The van der Waals surface area contributed by atoms with Gasteiger partial charge in [0.25, 0.3) is 0 Å². The van der Waals surface area contributed by atoms with Crippen LogP contribution in [0.25, 0.3) is 10.8 Å². The van der Waals surface area contributed by atoms with Crippen LogP contribution < -0.4 is 0 Å². The Kier molecular flexibility index (Phi) is 1.94. The summed E-state index contributed by atoms with van der Waals surface area (Å²) in [6.07, 6.45) is 6.46. The molecule has 2 rings (SSSR count). The molecule has 0 spiro atoms. The van der Waals surface area contributed by atoms with Crippen molar-refractivity contribution in [2.75, 3.05) is 0 Å². The van der Waals surface area contributed by atoms with E-state index in [1.807, 2.05) is 13.0 Å². The summed E-state index contributed by atoms with van der Waals surface area (Å²) in [7, 11) is 0. The normalized spacial score (nSPS) is 10.1. The SMILES string of the molecule is C#Cc1ncc(F)c2cccc(C)c12. The molecular formula is C12H8FN. The molecule has 0 aliphatic rings. The van der Waals surface area contributed by atoms with Gasteiger partial charge in [0, 0.05) is 10.8 Å². The average Bonchev–Trinajstić information content (AvgIpc) is 2.20. The third-order valence-electron chi connectivity index (χ3n) is 2.21. The van der Waals surface area contributed by atoms with E-state index in [-0.39, 0.29) is 5.82 Å². The van der Waals surface area contributed by atoms with Crippen LogP contribution in [0.4, 0.5) is 4.39 Å². The van der Waals surface area contributed by atoms with E-state index in [0.717, 1.165) is 17.1 Å². The minimum absolute atomic E-state index is 0.331. The number of fused-ring (bicyclic) bond motifs is 1. The number of aryl methyl sites for hydroxylation is 1. The van der Waals surface area contributed by atoms with E-state index in [4.69, 9.17) is 6.42 Å². The maximum absolute atomic E-state index is 13.4. The molecule has 0 saturated heterocycles. The van der Waals surface area contributed by atoms with Gasteiger partial charge < -0.3 is 0 Å². The molecule has 0 saturated carbocycles. The van der Waals surface area contributed by atoms with Crippen molar-refractivity contribution in [1.29, 1.82) is 0 Å². The fraction of sp³-hybridized carbons (Fsp3) is 0.0833. The second kappa shape index (κ2) is 3.12. The number of pyridine rings is 1. The summed E-state index contributed by atoms with van der Waals surface area (Å²) >= 11 is 0. The smallest absolute Gasteiger partial charge is 0.149 e. The fourth-order valence-corrected chi connectivity index (χ4v) is 1.55. The van der Waals surface area contributed by atoms with E-state index in [1.54, 1.807) is 12.1 Å². The van der Waals surface area contributed by atoms with Crippen LogP contribution in [0.1, 0.15) is 11.3 Å². The molecule has 2 heteroatoms. The lowest BCUT2D eigenvalue weighted by atomic mass is 10.0. The highest BCUT2D eigenvalue weighted by Gasteiger charge is 2.07. The van der Waals surface area contributed by atoms with Gasteiger partial charge in [-0.05, 0) is 18.4 Å². The summed E-state index contributed by atoms with van der Waals surface area (Å²) in [5, 5.41) is 1.27. The summed E-state index contributed by atoms with van der Waals surface area (Å²) in [5.74, 6) is 2.13. The zero-order valence-electron chi connectivity index (χ0n) is 7.71. The Morgan fingerprint density at radius 3 is 2.93 bits per heavy atom. The van der Waals surface area contributed by atoms with Gasteiger partial charge in [0.2, 0.25) is 0 Å². The third kappa shape index (κ3) is 1.14. The molecule has 0 N–H and O–H groups in total. The molecule has 0 amide bonds. The van der Waals surface area contributed by atoms with E-state index in [0.29, 0.717) is 11.1 Å². The molecule has 68 valence electrons. The highest BCUT2D eigenvalue weighted by Crippen LogP contribution is 2.22. The van der Waals surface area contributed by atoms with Crippen molar-refractivity contribution in [2.45, 2.75) is 6.92 Å². The standard InChI is InChI=1S/C12H8FN/c1-3-11-12-8(2)5-4-6-9(12)10(13)7-14-11/h1,4-7H,2H3. The van der Waals surface area contributed by atoms with Crippen molar-refractivity contribution in [3.8, 4) is 12.3 Å². The van der Waals surface area contributed by atoms with E-state index < -0.39 is 0 Å². The Balaban J connectivity index is 3.01. The Bertz CT molecular complexity index is 538. The Morgan fingerprint density at radius 2 is 2.21 bits per heavy atom. The first-order valence-corrected chi connectivity index (χ1v) is 4.24. The Morgan fingerprint density at radius 1 is 1.43 bits per heavy atom. The molecule has 0 aliphatic heterocycles. The van der Waals surface area contributed by atoms with Crippen LogP contribution in [0.5, 0.6) is 0 Å². The summed E-state index contributed by atoms with van der Waals surface area (Å²) in [5.41, 5.74) is 1.45. The lowest BCUT2D eigenvalue weighted by Crippen LogP contribution is -1.91. The highest BCUT2D eigenvalue weighted by atomic mass is 19.1. The lowest BCUT2D eigenvalue weighted by molar-refractivity contribution is 0.633. The topological polar surface area (TPSA) is 12.9 Å². The highest BCUT2D eigenvalue weighted by molar-refractivity contribution is 5.89. The molecule has 0 fully saturated rings. The number of aromatic nitrogens is 1. The molecule has 2 aromatic rings. The Labute approximate surface area is 81.6 Å². The van der Waals surface area contributed by atoms with E-state index in [9.17, 15) is 4.39 Å². The van der Waals surface area contributed by atoms with Crippen LogP contribution in [0.2, 0.25) is 0 Å². The summed E-state index contributed by atoms with van der Waals surface area (Å²) in [4.78, 5) is 3.87. The van der Waals surface area contributed by atoms with E-state index in [2.05, 4.69) is 10.9 Å². The van der Waals surface area contributed by atoms with Crippen molar-refractivity contribution < 1.29 is 4.39 Å². The van der Waals surface area contributed by atoms with E-state index >= 15 is 0 Å². The van der Waals surface area contributed by atoms with Crippen molar-refractivity contribution in [3.63, 3.8) is 0 Å². The first-order valence-electron chi connectivity index (χ1n) is 4.24. The number of hydrogen-bond acceptors (Lipinski definition) is 1. The second-order valence-corrected chi connectivity index (χ2v) is 3.10. The number of halogens is 1. The summed E-state index contributed by atoms with van der Waals surface area (Å²) < 4.78 is 13.4. The van der Waals surface area contributed by atoms with Gasteiger partial charge in [0.15, 0.2) is 0 Å². The predicted molar refractivity (Wildman–Crippen MR) is 54.4 cm³/mol. The minimum Gasteiger partial charge on any atom is -0.244 e. The molecule has 1 aromatic carbocycles. The lowest BCUT2D eigenvalue weighted by Gasteiger charge is -2.04. The third-order valence-corrected chi connectivity index (χ3v) is 2.21. The fourth-order valence-electron chi connectivity index (χ4n) is 1.55. The van der Waals surface area contributed by atoms with Crippen LogP contribution in [0, 0.1) is 25.1 Å². The van der Waals surface area contributed by atoms with Gasteiger partial charge in [0.05, 0.1) is 6.20 Å². The number of terminal acetylenes is 1. The van der Waals surface area contributed by atoms with Crippen LogP contribution in [-0.2, 0) is 0 Å². The molecule has 1 nitrogen and oxygen atoms in total. The van der Waals surface area contributed by atoms with Crippen molar-refractivity contribution in [2.24, 2.45) is 0 Å². The largest absolute Gasteiger partial charge is 0.244 e. The van der Waals surface area contributed by atoms with E-state index in [1.165, 1.54) is 0 Å². The minimum atomic E-state index is -0.331. The van der Waals surface area contributed by atoms with Gasteiger partial charge in [-0.2, -0.15) is 0 Å². The van der Waals surface area contributed by atoms with Crippen LogP contribution >= 0.6 is 0 Å². The van der Waals surface area contributed by atoms with Crippen LogP contribution in [0.3, 0.4) is 0 Å². The van der Waals surface area contributed by atoms with Crippen LogP contribution in [-0.4, -0.2) is 4.98 Å². The molecule has 0 unspecified atom stereocenters. The molecule has 0 aliphatic carbocycles. The maximum Gasteiger partial charge on any atom is 0.149 e. The van der Waals surface area contributed by atoms with Gasteiger partial charge in [-0.25, -0.2) is 9.37 Å². The first-order chi connectivity index (χ1) is 6.74. The van der Waals surface area contributed by atoms with Gasteiger partial charge in [0.1, 0.15) is 11.5 Å². The number of benzene rings is 1. The molecule has 0 radical (unpaired) electrons. The predicted octanol–water partition coefficient (Wildman–Crippen LogP) is 2.66. The monoisotopic (exact) mass is 185 g/mol. The Hall–Kier alpha value is -1.88. The zero-order valence-corrected chi connectivity index (χ0v) is 7.71. The maximum atomic E-state index is 13.4. The number of hydrogen-bond donors (Lipinski definition) is 0. The average molecular weight is 185 g/mol. The molecule has 0 atom stereocenters. The van der Waals surface area contributed by atoms with Gasteiger partial charge >= 0.3 is 0 Å². The van der Waals surface area contributed by atoms with Crippen molar-refractivity contribution >= 4 is 10.8 Å². The summed E-state index contributed by atoms with van der Waals surface area (Å²) in [6.45, 7) is 1.89. The van der Waals surface area contributed by atoms with Crippen molar-refractivity contribution in [1.82, 2.24) is 4.98 Å². The zero-order chi connectivity index (χ0) is 10.1. The molecular weight excluding hydrogens is 177 g/mol. The second-order valence-electron chi connectivity index (χ2n) is 3.10. The summed E-state index contributed by atoms with van der Waals surface area (Å²) in [6, 6.07) is 5.41. The van der Waals surface area contributed by atoms with Crippen molar-refractivity contribution in [3.05, 3.63) is 41.5 Å². The molecule has 14 heavy (non-hydrogen) atoms. The van der Waals surface area contributed by atoms with Gasteiger partial charge in [-0.3, -0.25) is 0 Å².